The Morgan fingerprint density at radius 1 is 1.27 bits per heavy atom. The van der Waals surface area contributed by atoms with Crippen LogP contribution in [0.1, 0.15) is 5.56 Å². The number of hydrogen-bond donors (Lipinski definition) is 2. The van der Waals surface area contributed by atoms with Crippen molar-refractivity contribution in [2.45, 2.75) is 6.54 Å². The van der Waals surface area contributed by atoms with Crippen LogP contribution in [0.2, 0.25) is 0 Å². The van der Waals surface area contributed by atoms with Gasteiger partial charge in [0, 0.05) is 18.2 Å². The number of phenols is 1. The van der Waals surface area contributed by atoms with Crippen molar-refractivity contribution in [2.75, 3.05) is 0 Å². The molecule has 0 aliphatic carbocycles. The summed E-state index contributed by atoms with van der Waals surface area (Å²) >= 11 is 0. The van der Waals surface area contributed by atoms with Crippen LogP contribution >= 0.6 is 0 Å². The van der Waals surface area contributed by atoms with Gasteiger partial charge in [0.15, 0.2) is 11.6 Å². The zero-order valence-electron chi connectivity index (χ0n) is 5.64. The molecule has 0 saturated carbocycles. The topological polar surface area (TPSA) is 46.2 Å². The first-order chi connectivity index (χ1) is 5.15. The van der Waals surface area contributed by atoms with Crippen LogP contribution in [0.15, 0.2) is 12.1 Å². The van der Waals surface area contributed by atoms with Gasteiger partial charge in [-0.2, -0.15) is 0 Å². The summed E-state index contributed by atoms with van der Waals surface area (Å²) in [5.74, 6) is -2.24. The summed E-state index contributed by atoms with van der Waals surface area (Å²) in [6, 6.07) is 1.59. The van der Waals surface area contributed by atoms with Gasteiger partial charge >= 0.3 is 0 Å². The van der Waals surface area contributed by atoms with Crippen LogP contribution in [0, 0.1) is 11.6 Å². The highest BCUT2D eigenvalue weighted by atomic mass is 19.1. The summed E-state index contributed by atoms with van der Waals surface area (Å²) in [4.78, 5) is 0. The molecular weight excluding hydrogens is 152 g/mol. The van der Waals surface area contributed by atoms with Gasteiger partial charge in [-0.25, -0.2) is 8.78 Å². The van der Waals surface area contributed by atoms with E-state index in [1.165, 1.54) is 0 Å². The molecule has 1 aromatic carbocycles. The largest absolute Gasteiger partial charge is 0.505 e. The summed E-state index contributed by atoms with van der Waals surface area (Å²) in [7, 11) is 0. The molecule has 11 heavy (non-hydrogen) atoms. The first kappa shape index (κ1) is 7.94. The van der Waals surface area contributed by atoms with Crippen molar-refractivity contribution in [3.05, 3.63) is 29.3 Å². The Bertz CT molecular complexity index is 275. The molecule has 60 valence electrons. The third-order valence-corrected chi connectivity index (χ3v) is 1.34. The lowest BCUT2D eigenvalue weighted by Gasteiger charge is -2.00. The van der Waals surface area contributed by atoms with Crippen molar-refractivity contribution in [3.63, 3.8) is 0 Å². The number of aromatic hydroxyl groups is 1. The maximum Gasteiger partial charge on any atom is 0.165 e. The lowest BCUT2D eigenvalue weighted by atomic mass is 10.2. The van der Waals surface area contributed by atoms with E-state index >= 15 is 0 Å². The second kappa shape index (κ2) is 2.84. The van der Waals surface area contributed by atoms with Crippen LogP contribution in [0.5, 0.6) is 5.75 Å². The van der Waals surface area contributed by atoms with Gasteiger partial charge in [-0.05, 0) is 6.07 Å². The second-order valence-electron chi connectivity index (χ2n) is 2.10. The van der Waals surface area contributed by atoms with Crippen molar-refractivity contribution < 1.29 is 13.9 Å². The van der Waals surface area contributed by atoms with Crippen LogP contribution in [0.3, 0.4) is 0 Å². The van der Waals surface area contributed by atoms with E-state index in [-0.39, 0.29) is 12.1 Å². The maximum atomic E-state index is 12.6. The molecular formula is C7H7F2NO. The maximum absolute atomic E-state index is 12.6. The third kappa shape index (κ3) is 1.46. The minimum absolute atomic E-state index is 0.0558. The smallest absolute Gasteiger partial charge is 0.165 e. The fourth-order valence-corrected chi connectivity index (χ4v) is 0.734. The highest BCUT2D eigenvalue weighted by Gasteiger charge is 2.06. The molecule has 3 N–H and O–H groups in total. The Hall–Kier alpha value is -1.16. The lowest BCUT2D eigenvalue weighted by Crippen LogP contribution is -2.00. The Morgan fingerprint density at radius 2 is 1.91 bits per heavy atom. The van der Waals surface area contributed by atoms with Crippen molar-refractivity contribution in [1.82, 2.24) is 0 Å². The molecule has 0 amide bonds. The minimum atomic E-state index is -0.855. The van der Waals surface area contributed by atoms with E-state index in [1.807, 2.05) is 0 Å². The van der Waals surface area contributed by atoms with E-state index in [0.717, 1.165) is 6.07 Å². The molecule has 4 heteroatoms. The summed E-state index contributed by atoms with van der Waals surface area (Å²) in [6.45, 7) is -0.0803. The highest BCUT2D eigenvalue weighted by molar-refractivity contribution is 5.29. The van der Waals surface area contributed by atoms with Gasteiger partial charge in [0.05, 0.1) is 0 Å². The fourth-order valence-electron chi connectivity index (χ4n) is 0.734. The molecule has 0 unspecified atom stereocenters. The number of halogens is 2. The summed E-state index contributed by atoms with van der Waals surface area (Å²) in [5.41, 5.74) is 5.14. The molecule has 0 spiro atoms. The molecule has 0 fully saturated rings. The number of nitrogens with two attached hydrogens (primary N) is 1. The van der Waals surface area contributed by atoms with Gasteiger partial charge in [0.2, 0.25) is 0 Å². The minimum Gasteiger partial charge on any atom is -0.505 e. The third-order valence-electron chi connectivity index (χ3n) is 1.34. The van der Waals surface area contributed by atoms with Crippen LogP contribution < -0.4 is 5.73 Å². The predicted octanol–water partition coefficient (Wildman–Crippen LogP) is 1.13. The molecule has 0 heterocycles. The number of hydrogen-bond acceptors (Lipinski definition) is 2. The zero-order valence-corrected chi connectivity index (χ0v) is 5.64. The van der Waals surface area contributed by atoms with E-state index in [1.54, 1.807) is 0 Å². The van der Waals surface area contributed by atoms with Crippen LogP contribution in [-0.4, -0.2) is 5.11 Å². The van der Waals surface area contributed by atoms with Gasteiger partial charge in [-0.3, -0.25) is 0 Å². The summed E-state index contributed by atoms with van der Waals surface area (Å²) in [6.07, 6.45) is 0. The van der Waals surface area contributed by atoms with E-state index < -0.39 is 17.4 Å². The second-order valence-corrected chi connectivity index (χ2v) is 2.10. The van der Waals surface area contributed by atoms with Gasteiger partial charge in [0.1, 0.15) is 5.82 Å². The zero-order chi connectivity index (χ0) is 8.43. The Balaban J connectivity index is 3.21. The predicted molar refractivity (Wildman–Crippen MR) is 35.9 cm³/mol. The molecule has 1 aromatic rings. The fraction of sp³-hybridized carbons (Fsp3) is 0.143. The van der Waals surface area contributed by atoms with Gasteiger partial charge in [0.25, 0.3) is 0 Å². The van der Waals surface area contributed by atoms with Gasteiger partial charge in [-0.15, -0.1) is 0 Å². The van der Waals surface area contributed by atoms with Crippen molar-refractivity contribution in [2.24, 2.45) is 5.73 Å². The molecule has 2 nitrogen and oxygen atoms in total. The molecule has 0 saturated heterocycles. The summed E-state index contributed by atoms with van der Waals surface area (Å²) < 4.78 is 25.1. The lowest BCUT2D eigenvalue weighted by molar-refractivity contribution is 0.425. The van der Waals surface area contributed by atoms with Gasteiger partial charge < -0.3 is 10.8 Å². The van der Waals surface area contributed by atoms with Crippen LogP contribution in [0.4, 0.5) is 8.78 Å². The SMILES string of the molecule is NCc1cc(F)c(O)cc1F. The average molecular weight is 159 g/mol. The van der Waals surface area contributed by atoms with Crippen LogP contribution in [0.25, 0.3) is 0 Å². The monoisotopic (exact) mass is 159 g/mol. The Kier molecular flexibility index (Phi) is 2.05. The van der Waals surface area contributed by atoms with Crippen molar-refractivity contribution >= 4 is 0 Å². The van der Waals surface area contributed by atoms with Crippen LogP contribution in [-0.2, 0) is 6.54 Å². The molecule has 0 atom stereocenters. The molecule has 0 aliphatic rings. The van der Waals surface area contributed by atoms with Crippen molar-refractivity contribution in [3.8, 4) is 5.75 Å². The first-order valence-electron chi connectivity index (χ1n) is 3.02. The first-order valence-corrected chi connectivity index (χ1v) is 3.02. The summed E-state index contributed by atoms with van der Waals surface area (Å²) in [5, 5.41) is 8.66. The van der Waals surface area contributed by atoms with E-state index in [2.05, 4.69) is 0 Å². The molecule has 1 rings (SSSR count). The standard InChI is InChI=1S/C7H7F2NO/c8-5-2-7(11)6(9)1-4(5)3-10/h1-2,11H,3,10H2. The number of rotatable bonds is 1. The Morgan fingerprint density at radius 3 is 2.45 bits per heavy atom. The molecule has 0 aliphatic heterocycles. The molecule has 0 aromatic heterocycles. The van der Waals surface area contributed by atoms with E-state index in [0.29, 0.717) is 6.07 Å². The normalized spacial score (nSPS) is 10.1. The highest BCUT2D eigenvalue weighted by Crippen LogP contribution is 2.19. The number of phenolic OH excluding ortho intramolecular Hbond substituents is 1. The van der Waals surface area contributed by atoms with E-state index in [9.17, 15) is 8.78 Å². The Labute approximate surface area is 62.3 Å². The molecule has 0 bridgehead atoms. The average Bonchev–Trinajstić information content (AvgIpc) is 1.97. The quantitative estimate of drug-likeness (QED) is 0.645. The van der Waals surface area contributed by atoms with Crippen molar-refractivity contribution in [1.29, 1.82) is 0 Å². The van der Waals surface area contributed by atoms with E-state index in [4.69, 9.17) is 10.8 Å². The van der Waals surface area contributed by atoms with Gasteiger partial charge in [-0.1, -0.05) is 0 Å². The number of benzene rings is 1. The molecule has 0 radical (unpaired) electrons.